The second kappa shape index (κ2) is 6.12. The topological polar surface area (TPSA) is 39.4 Å². The van der Waals surface area contributed by atoms with Gasteiger partial charge in [-0.15, -0.1) is 0 Å². The molecule has 1 saturated carbocycles. The van der Waals surface area contributed by atoms with Gasteiger partial charge >= 0.3 is 139 Å². The molecule has 0 N–H and O–H groups in total. The zero-order valence-corrected chi connectivity index (χ0v) is 15.5. The van der Waals surface area contributed by atoms with Crippen LogP contribution in [0.3, 0.4) is 0 Å². The number of hydrogen-bond donors (Lipinski definition) is 0. The molecule has 3 aromatic rings. The number of furan rings is 3. The van der Waals surface area contributed by atoms with Gasteiger partial charge in [-0.3, -0.25) is 0 Å². The van der Waals surface area contributed by atoms with Gasteiger partial charge in [0, 0.05) is 0 Å². The van der Waals surface area contributed by atoms with Gasteiger partial charge in [0.25, 0.3) is 0 Å². The van der Waals surface area contributed by atoms with Crippen LogP contribution in [0.15, 0.2) is 68.4 Å². The van der Waals surface area contributed by atoms with Gasteiger partial charge < -0.3 is 0 Å². The minimum absolute atomic E-state index is 0.576. The van der Waals surface area contributed by atoms with Crippen molar-refractivity contribution in [3.63, 3.8) is 0 Å². The van der Waals surface area contributed by atoms with Gasteiger partial charge in [0.05, 0.1) is 0 Å². The maximum atomic E-state index is 6.01. The van der Waals surface area contributed by atoms with E-state index in [0.717, 1.165) is 13.8 Å². The Morgan fingerprint density at radius 3 is 1.65 bits per heavy atom. The average Bonchev–Trinajstić information content (AvgIpc) is 3.35. The van der Waals surface area contributed by atoms with Crippen molar-refractivity contribution in [1.29, 1.82) is 0 Å². The fourth-order valence-corrected chi connectivity index (χ4v) is 15.5. The molecule has 3 aromatic heterocycles. The molecule has 0 unspecified atom stereocenters. The summed E-state index contributed by atoms with van der Waals surface area (Å²) >= 11 is -3.11. The van der Waals surface area contributed by atoms with Crippen molar-refractivity contribution in [2.45, 2.75) is 37.4 Å². The molecule has 3 heterocycles. The van der Waals surface area contributed by atoms with Crippen LogP contribution in [0.4, 0.5) is 0 Å². The van der Waals surface area contributed by atoms with E-state index in [2.05, 4.69) is 25.1 Å². The van der Waals surface area contributed by atoms with E-state index in [1.54, 1.807) is 18.8 Å². The van der Waals surface area contributed by atoms with Crippen molar-refractivity contribution >= 4 is 27.0 Å². The molecule has 0 amide bonds. The third-order valence-electron chi connectivity index (χ3n) is 5.40. The Balaban J connectivity index is 1.98. The molecule has 0 aromatic carbocycles. The molecule has 1 aliphatic rings. The van der Waals surface area contributed by atoms with Gasteiger partial charge in [-0.1, -0.05) is 0 Å². The summed E-state index contributed by atoms with van der Waals surface area (Å²) in [5, 5.41) is 0. The summed E-state index contributed by atoms with van der Waals surface area (Å²) in [5.41, 5.74) is 0. The average molecular weight is 371 g/mol. The van der Waals surface area contributed by atoms with E-state index >= 15 is 0 Å². The first kappa shape index (κ1) is 14.9. The summed E-state index contributed by atoms with van der Waals surface area (Å²) in [5.74, 6) is 0.657. The third-order valence-corrected chi connectivity index (χ3v) is 16.2. The van der Waals surface area contributed by atoms with Gasteiger partial charge in [0.2, 0.25) is 0 Å². The Morgan fingerprint density at radius 2 is 1.26 bits per heavy atom. The molecule has 0 aliphatic heterocycles. The first-order valence-electron chi connectivity index (χ1n) is 8.45. The van der Waals surface area contributed by atoms with E-state index in [-0.39, 0.29) is 0 Å². The zero-order valence-electron chi connectivity index (χ0n) is 13.4. The molecule has 4 rings (SSSR count). The van der Waals surface area contributed by atoms with Gasteiger partial charge in [-0.05, 0) is 0 Å². The second-order valence-corrected chi connectivity index (χ2v) is 14.7. The van der Waals surface area contributed by atoms with Crippen LogP contribution in [0.25, 0.3) is 0 Å². The Bertz CT molecular complexity index is 629. The normalized spacial score (nSPS) is 22.3. The Kier molecular flexibility index (Phi) is 3.97. The van der Waals surface area contributed by atoms with Crippen LogP contribution in [0, 0.1) is 5.92 Å². The van der Waals surface area contributed by atoms with Crippen molar-refractivity contribution in [2.75, 3.05) is 0 Å². The Labute approximate surface area is 139 Å². The van der Waals surface area contributed by atoms with E-state index < -0.39 is 13.3 Å². The summed E-state index contributed by atoms with van der Waals surface area (Å²) in [6, 6.07) is 12.4. The van der Waals surface area contributed by atoms with Crippen LogP contribution in [0.1, 0.15) is 32.6 Å². The first-order chi connectivity index (χ1) is 11.3. The molecular weight excluding hydrogens is 349 g/mol. The summed E-state index contributed by atoms with van der Waals surface area (Å²) in [7, 11) is 0. The van der Waals surface area contributed by atoms with E-state index in [0.29, 0.717) is 10.7 Å². The van der Waals surface area contributed by atoms with Gasteiger partial charge in [0.15, 0.2) is 0 Å². The molecule has 0 saturated heterocycles. The quantitative estimate of drug-likeness (QED) is 0.659. The van der Waals surface area contributed by atoms with Gasteiger partial charge in [-0.2, -0.15) is 0 Å². The van der Waals surface area contributed by atoms with Gasteiger partial charge in [-0.25, -0.2) is 0 Å². The molecule has 0 radical (unpaired) electrons. The van der Waals surface area contributed by atoms with Crippen molar-refractivity contribution < 1.29 is 13.3 Å². The predicted molar refractivity (Wildman–Crippen MR) is 92.2 cm³/mol. The molecule has 4 heteroatoms. The van der Waals surface area contributed by atoms with Crippen LogP contribution in [0.5, 0.6) is 0 Å². The number of rotatable bonds is 4. The van der Waals surface area contributed by atoms with Crippen molar-refractivity contribution in [3.8, 4) is 0 Å². The van der Waals surface area contributed by atoms with Crippen molar-refractivity contribution in [3.05, 3.63) is 55.2 Å². The van der Waals surface area contributed by atoms with Crippen LogP contribution >= 0.6 is 0 Å². The predicted octanol–water partition coefficient (Wildman–Crippen LogP) is 3.52. The van der Waals surface area contributed by atoms with Crippen molar-refractivity contribution in [2.24, 2.45) is 5.92 Å². The molecular formula is C19H22GeO3. The van der Waals surface area contributed by atoms with Crippen LogP contribution in [0.2, 0.25) is 4.75 Å². The molecule has 0 bridgehead atoms. The summed E-state index contributed by atoms with van der Waals surface area (Å²) < 4.78 is 21.9. The fourth-order valence-electron chi connectivity index (χ4n) is 4.38. The van der Waals surface area contributed by atoms with E-state index in [1.165, 1.54) is 25.7 Å². The zero-order chi connectivity index (χ0) is 15.7. The molecule has 23 heavy (non-hydrogen) atoms. The van der Waals surface area contributed by atoms with E-state index in [4.69, 9.17) is 13.3 Å². The second-order valence-electron chi connectivity index (χ2n) is 6.61. The third kappa shape index (κ3) is 2.33. The SMILES string of the molecule is C[C@@H]1CCCC[C@@H]1[Ge]([c]1ccco1)([c]1ccco1)[c]1ccco1. The Hall–Kier alpha value is -1.62. The van der Waals surface area contributed by atoms with E-state index in [1.807, 2.05) is 18.2 Å². The van der Waals surface area contributed by atoms with Crippen LogP contribution in [-0.4, -0.2) is 13.3 Å². The molecule has 2 atom stereocenters. The molecule has 1 aliphatic carbocycles. The summed E-state index contributed by atoms with van der Waals surface area (Å²) in [6.07, 6.45) is 10.5. The summed E-state index contributed by atoms with van der Waals surface area (Å²) in [6.45, 7) is 2.39. The maximum absolute atomic E-state index is 6.01. The molecule has 3 nitrogen and oxygen atoms in total. The first-order valence-corrected chi connectivity index (χ1v) is 12.8. The number of hydrogen-bond acceptors (Lipinski definition) is 3. The standard InChI is InChI=1S/C19H22GeO3/c1-15-7-2-3-8-16(15)20(17-9-4-12-21-17,18-10-5-13-22-18)19-11-6-14-23-19/h4-6,9-16H,2-3,7-8H2,1H3/t15-,16+/m1/s1. The Morgan fingerprint density at radius 1 is 0.783 bits per heavy atom. The van der Waals surface area contributed by atoms with Gasteiger partial charge in [0.1, 0.15) is 0 Å². The van der Waals surface area contributed by atoms with Crippen molar-refractivity contribution in [1.82, 2.24) is 0 Å². The van der Waals surface area contributed by atoms with Crippen LogP contribution in [-0.2, 0) is 0 Å². The molecule has 120 valence electrons. The monoisotopic (exact) mass is 372 g/mol. The fraction of sp³-hybridized carbons (Fsp3) is 0.368. The molecule has 1 fully saturated rings. The molecule has 0 spiro atoms. The summed E-state index contributed by atoms with van der Waals surface area (Å²) in [4.78, 5) is 0. The van der Waals surface area contributed by atoms with Crippen LogP contribution < -0.4 is 13.8 Å². The van der Waals surface area contributed by atoms with E-state index in [9.17, 15) is 0 Å². The minimum atomic E-state index is -3.11.